The Labute approximate surface area is 136 Å². The Morgan fingerprint density at radius 3 is 2.68 bits per heavy atom. The van der Waals surface area contributed by atoms with Crippen molar-refractivity contribution in [2.75, 3.05) is 6.61 Å². The summed E-state index contributed by atoms with van der Waals surface area (Å²) >= 11 is 0. The SMILES string of the molecule is C=CC1(C)CCC(C2=CCC(O)C(C)(C)OC2)CC1C(=C)C. The van der Waals surface area contributed by atoms with Gasteiger partial charge < -0.3 is 9.84 Å². The number of rotatable bonds is 3. The van der Waals surface area contributed by atoms with E-state index in [0.29, 0.717) is 24.9 Å². The van der Waals surface area contributed by atoms with Gasteiger partial charge in [0.1, 0.15) is 0 Å². The maximum Gasteiger partial charge on any atom is 0.0891 e. The van der Waals surface area contributed by atoms with Crippen LogP contribution in [0.1, 0.15) is 53.4 Å². The minimum atomic E-state index is -0.462. The molecule has 0 aromatic carbocycles. The molecule has 0 aromatic rings. The molecule has 2 rings (SSSR count). The number of aliphatic hydroxyl groups is 1. The second-order valence-corrected chi connectivity index (χ2v) is 8.00. The van der Waals surface area contributed by atoms with Gasteiger partial charge in [0.05, 0.1) is 18.3 Å². The summed E-state index contributed by atoms with van der Waals surface area (Å²) in [5.41, 5.74) is 2.31. The van der Waals surface area contributed by atoms with Crippen LogP contribution in [-0.2, 0) is 4.74 Å². The quantitative estimate of drug-likeness (QED) is 0.769. The molecular weight excluding hydrogens is 272 g/mol. The molecule has 1 aliphatic heterocycles. The van der Waals surface area contributed by atoms with Gasteiger partial charge >= 0.3 is 0 Å². The first-order valence-electron chi connectivity index (χ1n) is 8.49. The van der Waals surface area contributed by atoms with E-state index in [0.717, 1.165) is 19.3 Å². The zero-order chi connectivity index (χ0) is 16.5. The van der Waals surface area contributed by atoms with Crippen LogP contribution in [0.3, 0.4) is 0 Å². The van der Waals surface area contributed by atoms with Crippen LogP contribution in [0, 0.1) is 17.3 Å². The van der Waals surface area contributed by atoms with Gasteiger partial charge in [0.15, 0.2) is 0 Å². The van der Waals surface area contributed by atoms with E-state index in [2.05, 4.69) is 39.2 Å². The third kappa shape index (κ3) is 3.38. The van der Waals surface area contributed by atoms with Gasteiger partial charge in [0, 0.05) is 0 Å². The highest BCUT2D eigenvalue weighted by atomic mass is 16.5. The van der Waals surface area contributed by atoms with Gasteiger partial charge in [-0.15, -0.1) is 6.58 Å². The Morgan fingerprint density at radius 2 is 2.09 bits per heavy atom. The summed E-state index contributed by atoms with van der Waals surface area (Å²) in [7, 11) is 0. The first-order chi connectivity index (χ1) is 10.2. The lowest BCUT2D eigenvalue weighted by Gasteiger charge is -2.44. The highest BCUT2D eigenvalue weighted by Crippen LogP contribution is 2.49. The topological polar surface area (TPSA) is 29.5 Å². The molecule has 0 radical (unpaired) electrons. The number of hydrogen-bond donors (Lipinski definition) is 1. The Hall–Kier alpha value is -0.860. The lowest BCUT2D eigenvalue weighted by molar-refractivity contribution is -0.0881. The van der Waals surface area contributed by atoms with Crippen molar-refractivity contribution < 1.29 is 9.84 Å². The molecule has 0 spiro atoms. The van der Waals surface area contributed by atoms with Crippen molar-refractivity contribution in [1.29, 1.82) is 0 Å². The predicted molar refractivity (Wildman–Crippen MR) is 92.7 cm³/mol. The molecule has 124 valence electrons. The van der Waals surface area contributed by atoms with E-state index in [1.54, 1.807) is 0 Å². The van der Waals surface area contributed by atoms with Gasteiger partial charge in [0.2, 0.25) is 0 Å². The van der Waals surface area contributed by atoms with Crippen LogP contribution in [0.15, 0.2) is 36.5 Å². The zero-order valence-corrected chi connectivity index (χ0v) is 14.7. The van der Waals surface area contributed by atoms with Crippen molar-refractivity contribution in [2.24, 2.45) is 17.3 Å². The summed E-state index contributed by atoms with van der Waals surface area (Å²) in [5, 5.41) is 10.2. The van der Waals surface area contributed by atoms with Crippen LogP contribution >= 0.6 is 0 Å². The molecule has 1 saturated carbocycles. The van der Waals surface area contributed by atoms with Gasteiger partial charge in [-0.2, -0.15) is 0 Å². The van der Waals surface area contributed by atoms with E-state index in [4.69, 9.17) is 4.74 Å². The lowest BCUT2D eigenvalue weighted by Crippen LogP contribution is -2.38. The van der Waals surface area contributed by atoms with Crippen molar-refractivity contribution in [2.45, 2.75) is 65.1 Å². The van der Waals surface area contributed by atoms with Gasteiger partial charge in [-0.3, -0.25) is 0 Å². The average Bonchev–Trinajstić information content (AvgIpc) is 2.59. The molecule has 2 aliphatic rings. The molecule has 0 saturated heterocycles. The van der Waals surface area contributed by atoms with Gasteiger partial charge in [-0.25, -0.2) is 0 Å². The molecule has 22 heavy (non-hydrogen) atoms. The normalized spacial score (nSPS) is 38.8. The maximum atomic E-state index is 10.2. The highest BCUT2D eigenvalue weighted by molar-refractivity contribution is 5.18. The molecule has 2 heteroatoms. The maximum absolute atomic E-state index is 10.2. The number of ether oxygens (including phenoxy) is 1. The van der Waals surface area contributed by atoms with Crippen LogP contribution in [0.25, 0.3) is 0 Å². The van der Waals surface area contributed by atoms with E-state index < -0.39 is 11.7 Å². The van der Waals surface area contributed by atoms with E-state index in [1.807, 2.05) is 13.8 Å². The monoisotopic (exact) mass is 304 g/mol. The molecule has 0 amide bonds. The van der Waals surface area contributed by atoms with Crippen molar-refractivity contribution >= 4 is 0 Å². The molecule has 1 N–H and O–H groups in total. The summed E-state index contributed by atoms with van der Waals surface area (Å²) in [6.07, 6.45) is 8.02. The first kappa shape index (κ1) is 17.5. The van der Waals surface area contributed by atoms with Crippen LogP contribution in [0.4, 0.5) is 0 Å². The zero-order valence-electron chi connectivity index (χ0n) is 14.7. The number of hydrogen-bond acceptors (Lipinski definition) is 2. The third-order valence-corrected chi connectivity index (χ3v) is 5.95. The summed E-state index contributed by atoms with van der Waals surface area (Å²) in [4.78, 5) is 0. The Bertz CT molecular complexity index is 474. The first-order valence-corrected chi connectivity index (χ1v) is 8.49. The molecule has 0 aromatic heterocycles. The standard InChI is InChI=1S/C20H32O2/c1-7-20(6)11-10-15(12-17(20)14(2)3)16-8-9-18(21)19(4,5)22-13-16/h7-8,15,17-18,21H,1-2,9-13H2,3-6H3. The highest BCUT2D eigenvalue weighted by Gasteiger charge is 2.40. The third-order valence-electron chi connectivity index (χ3n) is 5.95. The molecule has 4 atom stereocenters. The van der Waals surface area contributed by atoms with Crippen molar-refractivity contribution in [3.05, 3.63) is 36.5 Å². The molecule has 1 aliphatic carbocycles. The van der Waals surface area contributed by atoms with Gasteiger partial charge in [0.25, 0.3) is 0 Å². The summed E-state index contributed by atoms with van der Waals surface area (Å²) < 4.78 is 5.98. The predicted octanol–water partition coefficient (Wildman–Crippen LogP) is 4.66. The van der Waals surface area contributed by atoms with Gasteiger partial charge in [-0.05, 0) is 69.3 Å². The van der Waals surface area contributed by atoms with Gasteiger partial charge in [-0.1, -0.05) is 31.2 Å². The molecule has 1 heterocycles. The Kier molecular flexibility index (Phi) is 5.03. The molecule has 0 bridgehead atoms. The fourth-order valence-electron chi connectivity index (χ4n) is 3.93. The Balaban J connectivity index is 2.14. The Morgan fingerprint density at radius 1 is 1.41 bits per heavy atom. The number of aliphatic hydroxyl groups excluding tert-OH is 1. The second kappa shape index (κ2) is 6.33. The van der Waals surface area contributed by atoms with E-state index in [-0.39, 0.29) is 5.41 Å². The molecule has 2 nitrogen and oxygen atoms in total. The van der Waals surface area contributed by atoms with Crippen LogP contribution < -0.4 is 0 Å². The summed E-state index contributed by atoms with van der Waals surface area (Å²) in [6.45, 7) is 17.3. The summed E-state index contributed by atoms with van der Waals surface area (Å²) in [6, 6.07) is 0. The minimum absolute atomic E-state index is 0.160. The lowest BCUT2D eigenvalue weighted by atomic mass is 9.61. The van der Waals surface area contributed by atoms with E-state index in [1.165, 1.54) is 11.1 Å². The minimum Gasteiger partial charge on any atom is -0.390 e. The smallest absolute Gasteiger partial charge is 0.0891 e. The molecular formula is C20H32O2. The summed E-state index contributed by atoms with van der Waals surface area (Å²) in [5.74, 6) is 1.02. The molecule has 4 unspecified atom stereocenters. The van der Waals surface area contributed by atoms with Crippen LogP contribution in [0.5, 0.6) is 0 Å². The fourth-order valence-corrected chi connectivity index (χ4v) is 3.93. The van der Waals surface area contributed by atoms with E-state index in [9.17, 15) is 5.11 Å². The largest absolute Gasteiger partial charge is 0.390 e. The second-order valence-electron chi connectivity index (χ2n) is 8.00. The van der Waals surface area contributed by atoms with Crippen molar-refractivity contribution in [3.63, 3.8) is 0 Å². The molecule has 1 fully saturated rings. The fraction of sp³-hybridized carbons (Fsp3) is 0.700. The van der Waals surface area contributed by atoms with Crippen LogP contribution in [-0.4, -0.2) is 23.4 Å². The van der Waals surface area contributed by atoms with Crippen molar-refractivity contribution in [1.82, 2.24) is 0 Å². The number of allylic oxidation sites excluding steroid dienone is 2. The van der Waals surface area contributed by atoms with E-state index >= 15 is 0 Å². The van der Waals surface area contributed by atoms with Crippen molar-refractivity contribution in [3.8, 4) is 0 Å². The van der Waals surface area contributed by atoms with Crippen LogP contribution in [0.2, 0.25) is 0 Å². The average molecular weight is 304 g/mol.